The van der Waals surface area contributed by atoms with Crippen molar-refractivity contribution < 1.29 is 9.47 Å². The van der Waals surface area contributed by atoms with E-state index >= 15 is 0 Å². The fourth-order valence-electron chi connectivity index (χ4n) is 3.09. The predicted octanol–water partition coefficient (Wildman–Crippen LogP) is 4.46. The standard InChI is InChI=1S/C23H28N4O2/c1-17-26-22(24-13-7-10-18-8-5-4-6-9-18)15-23(27-17)25-16-19-11-12-20(28-2)21(14-19)29-3/h4-6,8-9,11-12,14-15H,7,10,13,16H2,1-3H3,(H2,24,25,26,27). The van der Waals surface area contributed by atoms with E-state index in [2.05, 4.69) is 44.9 Å². The first-order valence-corrected chi connectivity index (χ1v) is 9.76. The summed E-state index contributed by atoms with van der Waals surface area (Å²) in [5.74, 6) is 3.79. The van der Waals surface area contributed by atoms with Crippen molar-refractivity contribution in [2.45, 2.75) is 26.3 Å². The first kappa shape index (κ1) is 20.5. The largest absolute Gasteiger partial charge is 0.493 e. The fourth-order valence-corrected chi connectivity index (χ4v) is 3.09. The van der Waals surface area contributed by atoms with Gasteiger partial charge in [-0.3, -0.25) is 0 Å². The van der Waals surface area contributed by atoms with Gasteiger partial charge in [-0.2, -0.15) is 0 Å². The molecular formula is C23H28N4O2. The van der Waals surface area contributed by atoms with Gasteiger partial charge in [0.25, 0.3) is 0 Å². The van der Waals surface area contributed by atoms with Crippen molar-refractivity contribution in [1.29, 1.82) is 0 Å². The quantitative estimate of drug-likeness (QED) is 0.497. The molecule has 3 rings (SSSR count). The summed E-state index contributed by atoms with van der Waals surface area (Å²) in [6.45, 7) is 3.39. The summed E-state index contributed by atoms with van der Waals surface area (Å²) in [6.07, 6.45) is 2.09. The van der Waals surface area contributed by atoms with E-state index in [1.807, 2.05) is 37.3 Å². The van der Waals surface area contributed by atoms with Gasteiger partial charge in [-0.25, -0.2) is 9.97 Å². The lowest BCUT2D eigenvalue weighted by atomic mass is 10.1. The molecule has 2 N–H and O–H groups in total. The SMILES string of the molecule is COc1ccc(CNc2cc(NCCCc3ccccc3)nc(C)n2)cc1OC. The smallest absolute Gasteiger partial charge is 0.161 e. The molecule has 0 bridgehead atoms. The van der Waals surface area contributed by atoms with Gasteiger partial charge in [0.2, 0.25) is 0 Å². The van der Waals surface area contributed by atoms with Gasteiger partial charge in [0.15, 0.2) is 11.5 Å². The van der Waals surface area contributed by atoms with Crippen molar-refractivity contribution in [3.63, 3.8) is 0 Å². The van der Waals surface area contributed by atoms with Crippen LogP contribution in [-0.4, -0.2) is 30.7 Å². The summed E-state index contributed by atoms with van der Waals surface area (Å²) in [6, 6.07) is 18.3. The highest BCUT2D eigenvalue weighted by Crippen LogP contribution is 2.27. The summed E-state index contributed by atoms with van der Waals surface area (Å²) in [5.41, 5.74) is 2.43. The van der Waals surface area contributed by atoms with E-state index < -0.39 is 0 Å². The molecule has 0 unspecified atom stereocenters. The first-order valence-electron chi connectivity index (χ1n) is 9.76. The third kappa shape index (κ3) is 6.10. The van der Waals surface area contributed by atoms with E-state index in [-0.39, 0.29) is 0 Å². The Morgan fingerprint density at radius 3 is 2.24 bits per heavy atom. The lowest BCUT2D eigenvalue weighted by Gasteiger charge is -2.12. The van der Waals surface area contributed by atoms with E-state index in [9.17, 15) is 0 Å². The monoisotopic (exact) mass is 392 g/mol. The Morgan fingerprint density at radius 2 is 1.52 bits per heavy atom. The maximum Gasteiger partial charge on any atom is 0.161 e. The topological polar surface area (TPSA) is 68.3 Å². The van der Waals surface area contributed by atoms with Gasteiger partial charge in [-0.1, -0.05) is 36.4 Å². The Morgan fingerprint density at radius 1 is 0.793 bits per heavy atom. The number of aryl methyl sites for hydroxylation is 2. The van der Waals surface area contributed by atoms with Crippen LogP contribution in [0.5, 0.6) is 11.5 Å². The van der Waals surface area contributed by atoms with Gasteiger partial charge in [-0.15, -0.1) is 0 Å². The maximum atomic E-state index is 5.37. The van der Waals surface area contributed by atoms with Crippen LogP contribution in [0.1, 0.15) is 23.4 Å². The zero-order chi connectivity index (χ0) is 20.5. The van der Waals surface area contributed by atoms with Crippen LogP contribution >= 0.6 is 0 Å². The third-order valence-corrected chi connectivity index (χ3v) is 4.55. The van der Waals surface area contributed by atoms with E-state index in [0.29, 0.717) is 12.3 Å². The Kier molecular flexibility index (Phi) is 7.28. The van der Waals surface area contributed by atoms with Gasteiger partial charge in [0.1, 0.15) is 17.5 Å². The number of nitrogens with one attached hydrogen (secondary N) is 2. The molecule has 0 atom stereocenters. The molecule has 0 aliphatic rings. The highest BCUT2D eigenvalue weighted by atomic mass is 16.5. The maximum absolute atomic E-state index is 5.37. The molecule has 6 heteroatoms. The molecule has 6 nitrogen and oxygen atoms in total. The van der Waals surface area contributed by atoms with Crippen molar-refractivity contribution in [3.05, 3.63) is 71.5 Å². The van der Waals surface area contributed by atoms with Gasteiger partial charge in [0, 0.05) is 19.2 Å². The normalized spacial score (nSPS) is 10.4. The van der Waals surface area contributed by atoms with Crippen molar-refractivity contribution in [2.75, 3.05) is 31.4 Å². The molecule has 2 aromatic carbocycles. The van der Waals surface area contributed by atoms with Gasteiger partial charge < -0.3 is 20.1 Å². The Hall–Kier alpha value is -3.28. The number of nitrogens with zero attached hydrogens (tertiary/aromatic N) is 2. The lowest BCUT2D eigenvalue weighted by Crippen LogP contribution is -2.08. The third-order valence-electron chi connectivity index (χ3n) is 4.55. The Bertz CT molecular complexity index is 916. The van der Waals surface area contributed by atoms with Crippen LogP contribution in [0.2, 0.25) is 0 Å². The van der Waals surface area contributed by atoms with Crippen molar-refractivity contribution in [1.82, 2.24) is 9.97 Å². The highest BCUT2D eigenvalue weighted by molar-refractivity contribution is 5.49. The second-order valence-corrected chi connectivity index (χ2v) is 6.74. The summed E-state index contributed by atoms with van der Waals surface area (Å²) in [4.78, 5) is 8.97. The molecule has 0 aliphatic carbocycles. The van der Waals surface area contributed by atoms with Gasteiger partial charge >= 0.3 is 0 Å². The molecule has 152 valence electrons. The van der Waals surface area contributed by atoms with Crippen LogP contribution in [0, 0.1) is 6.92 Å². The zero-order valence-corrected chi connectivity index (χ0v) is 17.2. The number of hydrogen-bond donors (Lipinski definition) is 2. The second kappa shape index (κ2) is 10.3. The van der Waals surface area contributed by atoms with E-state index in [4.69, 9.17) is 9.47 Å². The zero-order valence-electron chi connectivity index (χ0n) is 17.2. The number of rotatable bonds is 10. The molecule has 1 heterocycles. The minimum Gasteiger partial charge on any atom is -0.493 e. The second-order valence-electron chi connectivity index (χ2n) is 6.74. The summed E-state index contributed by atoms with van der Waals surface area (Å²) in [5, 5.41) is 6.76. The van der Waals surface area contributed by atoms with Crippen molar-refractivity contribution >= 4 is 11.6 Å². The van der Waals surface area contributed by atoms with Crippen molar-refractivity contribution in [2.24, 2.45) is 0 Å². The van der Waals surface area contributed by atoms with E-state index in [1.54, 1.807) is 14.2 Å². The number of aromatic nitrogens is 2. The molecule has 0 radical (unpaired) electrons. The van der Waals surface area contributed by atoms with E-state index in [1.165, 1.54) is 5.56 Å². The number of anilines is 2. The molecule has 0 aliphatic heterocycles. The minimum absolute atomic E-state index is 0.629. The molecule has 3 aromatic rings. The number of ether oxygens (including phenoxy) is 2. The minimum atomic E-state index is 0.629. The number of benzene rings is 2. The molecule has 0 saturated carbocycles. The summed E-state index contributed by atoms with van der Waals surface area (Å²) in [7, 11) is 3.27. The highest BCUT2D eigenvalue weighted by Gasteiger charge is 2.06. The molecule has 1 aromatic heterocycles. The predicted molar refractivity (Wildman–Crippen MR) is 117 cm³/mol. The summed E-state index contributed by atoms with van der Waals surface area (Å²) >= 11 is 0. The van der Waals surface area contributed by atoms with Crippen LogP contribution in [0.4, 0.5) is 11.6 Å². The Labute approximate surface area is 172 Å². The van der Waals surface area contributed by atoms with Crippen LogP contribution in [0.3, 0.4) is 0 Å². The fraction of sp³-hybridized carbons (Fsp3) is 0.304. The van der Waals surface area contributed by atoms with Crippen LogP contribution in [-0.2, 0) is 13.0 Å². The van der Waals surface area contributed by atoms with Crippen LogP contribution < -0.4 is 20.1 Å². The average Bonchev–Trinajstić information content (AvgIpc) is 2.75. The average molecular weight is 393 g/mol. The molecule has 0 amide bonds. The van der Waals surface area contributed by atoms with Crippen LogP contribution in [0.25, 0.3) is 0 Å². The molecule has 29 heavy (non-hydrogen) atoms. The lowest BCUT2D eigenvalue weighted by molar-refractivity contribution is 0.354. The summed E-state index contributed by atoms with van der Waals surface area (Å²) < 4.78 is 10.7. The van der Waals surface area contributed by atoms with Gasteiger partial charge in [-0.05, 0) is 43.0 Å². The molecule has 0 fully saturated rings. The van der Waals surface area contributed by atoms with Crippen LogP contribution in [0.15, 0.2) is 54.6 Å². The molecular weight excluding hydrogens is 364 g/mol. The number of hydrogen-bond acceptors (Lipinski definition) is 6. The number of methoxy groups -OCH3 is 2. The van der Waals surface area contributed by atoms with Gasteiger partial charge in [0.05, 0.1) is 14.2 Å². The first-order chi connectivity index (χ1) is 14.2. The molecule has 0 spiro atoms. The van der Waals surface area contributed by atoms with Crippen molar-refractivity contribution in [3.8, 4) is 11.5 Å². The Balaban J connectivity index is 1.54. The van der Waals surface area contributed by atoms with E-state index in [0.717, 1.165) is 48.2 Å². The molecule has 0 saturated heterocycles.